The number of aromatic amines is 1. The molecule has 1 saturated heterocycles. The molecule has 1 aromatic carbocycles. The van der Waals surface area contributed by atoms with Gasteiger partial charge in [-0.2, -0.15) is 0 Å². The molecule has 3 N–H and O–H groups in total. The Labute approximate surface area is 187 Å². The molecular weight excluding hydrogens is 416 g/mol. The van der Waals surface area contributed by atoms with Gasteiger partial charge in [0.2, 0.25) is 5.91 Å². The number of Topliss-reactive ketones (excluding diaryl/α,β-unsaturated/α-hetero) is 1. The smallest absolute Gasteiger partial charge is 0.233 e. The average Bonchev–Trinajstić information content (AvgIpc) is 3.28. The van der Waals surface area contributed by atoms with Gasteiger partial charge in [-0.3, -0.25) is 9.59 Å². The maximum Gasteiger partial charge on any atom is 0.233 e. The molecule has 3 atom stereocenters. The maximum atomic E-state index is 13.5. The normalized spacial score (nSPS) is 20.0. The van der Waals surface area contributed by atoms with E-state index in [2.05, 4.69) is 9.97 Å². The molecule has 7 nitrogen and oxygen atoms in total. The fourth-order valence-electron chi connectivity index (χ4n) is 4.10. The Kier molecular flexibility index (Phi) is 6.67. The van der Waals surface area contributed by atoms with Gasteiger partial charge in [-0.05, 0) is 17.0 Å². The highest BCUT2D eigenvalue weighted by Crippen LogP contribution is 2.36. The van der Waals surface area contributed by atoms with Crippen molar-refractivity contribution in [3.8, 4) is 0 Å². The van der Waals surface area contributed by atoms with Gasteiger partial charge in [0.15, 0.2) is 5.78 Å². The van der Waals surface area contributed by atoms with Crippen LogP contribution in [0.1, 0.15) is 57.2 Å². The number of rotatable bonds is 6. The number of likely N-dealkylation sites (tertiary alicyclic amines) is 1. The standard InChI is InChI=1S/C23H29ClN4O3/c1-13(29)20(25)19(23(2,3)4)22(31)28-12-16(30)10-18(28)21-26-11-15(27-21)9-14-7-5-6-8-17(14)24/h5-8,11,16,18-19,25,30H,9-10,12H2,1-4H3,(H,26,27)/t16-,18+,19-/m1/s1. The Morgan fingerprint density at radius 3 is 2.65 bits per heavy atom. The van der Waals surface area contributed by atoms with Crippen LogP contribution in [0.5, 0.6) is 0 Å². The van der Waals surface area contributed by atoms with E-state index in [1.54, 1.807) is 11.1 Å². The van der Waals surface area contributed by atoms with Gasteiger partial charge in [0.25, 0.3) is 0 Å². The zero-order valence-corrected chi connectivity index (χ0v) is 19.0. The lowest BCUT2D eigenvalue weighted by Gasteiger charge is -2.34. The van der Waals surface area contributed by atoms with Crippen molar-refractivity contribution in [2.45, 2.75) is 52.7 Å². The van der Waals surface area contributed by atoms with Crippen molar-refractivity contribution in [1.29, 1.82) is 5.41 Å². The Bertz CT molecular complexity index is 995. The van der Waals surface area contributed by atoms with Crippen molar-refractivity contribution in [3.63, 3.8) is 0 Å². The molecule has 2 heterocycles. The van der Waals surface area contributed by atoms with Gasteiger partial charge in [-0.1, -0.05) is 50.6 Å². The Morgan fingerprint density at radius 1 is 1.35 bits per heavy atom. The molecule has 0 aliphatic carbocycles. The van der Waals surface area contributed by atoms with Crippen LogP contribution in [-0.4, -0.2) is 50.0 Å². The number of benzene rings is 1. The molecule has 31 heavy (non-hydrogen) atoms. The summed E-state index contributed by atoms with van der Waals surface area (Å²) in [4.78, 5) is 34.7. The summed E-state index contributed by atoms with van der Waals surface area (Å²) >= 11 is 6.26. The van der Waals surface area contributed by atoms with Gasteiger partial charge in [0.05, 0.1) is 23.8 Å². The number of nitrogens with one attached hydrogen (secondary N) is 2. The molecule has 0 unspecified atom stereocenters. The molecule has 0 bridgehead atoms. The summed E-state index contributed by atoms with van der Waals surface area (Å²) < 4.78 is 0. The second-order valence-electron chi connectivity index (χ2n) is 9.23. The van der Waals surface area contributed by atoms with Gasteiger partial charge in [0, 0.05) is 43.2 Å². The lowest BCUT2D eigenvalue weighted by atomic mass is 9.75. The average molecular weight is 445 g/mol. The highest BCUT2D eigenvalue weighted by molar-refractivity contribution is 6.42. The minimum atomic E-state index is -0.893. The van der Waals surface area contributed by atoms with E-state index >= 15 is 0 Å². The van der Waals surface area contributed by atoms with E-state index in [0.29, 0.717) is 23.7 Å². The molecule has 0 radical (unpaired) electrons. The van der Waals surface area contributed by atoms with Crippen LogP contribution in [-0.2, 0) is 16.0 Å². The number of carbonyl (C=O) groups is 2. The molecule has 166 valence electrons. The number of aliphatic hydroxyl groups excluding tert-OH is 1. The summed E-state index contributed by atoms with van der Waals surface area (Å²) in [6.07, 6.45) is 1.92. The molecule has 1 aromatic heterocycles. The molecular formula is C23H29ClN4O3. The number of β-amino-alcohol motifs (C(OH)–C–C–N with tert-alkyl or cyclic N) is 1. The van der Waals surface area contributed by atoms with Crippen molar-refractivity contribution in [1.82, 2.24) is 14.9 Å². The second kappa shape index (κ2) is 8.93. The largest absolute Gasteiger partial charge is 0.391 e. The number of halogens is 1. The number of aromatic nitrogens is 2. The van der Waals surface area contributed by atoms with E-state index in [0.717, 1.165) is 11.3 Å². The van der Waals surface area contributed by atoms with E-state index < -0.39 is 29.3 Å². The van der Waals surface area contributed by atoms with Crippen LogP contribution in [0, 0.1) is 16.7 Å². The molecule has 2 aromatic rings. The number of hydrogen-bond donors (Lipinski definition) is 3. The topological polar surface area (TPSA) is 110 Å². The molecule has 1 fully saturated rings. The number of imidazole rings is 1. The zero-order valence-electron chi connectivity index (χ0n) is 18.3. The van der Waals surface area contributed by atoms with Crippen LogP contribution >= 0.6 is 11.6 Å². The first kappa shape index (κ1) is 23.2. The third-order valence-electron chi connectivity index (χ3n) is 5.65. The van der Waals surface area contributed by atoms with Crippen molar-refractivity contribution in [2.24, 2.45) is 11.3 Å². The third kappa shape index (κ3) is 5.05. The maximum absolute atomic E-state index is 13.5. The predicted octanol–water partition coefficient (Wildman–Crippen LogP) is 3.56. The highest BCUT2D eigenvalue weighted by atomic mass is 35.5. The van der Waals surface area contributed by atoms with E-state index in [-0.39, 0.29) is 18.2 Å². The summed E-state index contributed by atoms with van der Waals surface area (Å²) in [5, 5.41) is 19.2. The van der Waals surface area contributed by atoms with Crippen LogP contribution in [0.25, 0.3) is 0 Å². The summed E-state index contributed by atoms with van der Waals surface area (Å²) in [6.45, 7) is 6.95. The fraction of sp³-hybridized carbons (Fsp3) is 0.478. The molecule has 0 spiro atoms. The van der Waals surface area contributed by atoms with Gasteiger partial charge in [-0.15, -0.1) is 0 Å². The molecule has 1 aliphatic heterocycles. The summed E-state index contributed by atoms with van der Waals surface area (Å²) in [7, 11) is 0. The lowest BCUT2D eigenvalue weighted by Crippen LogP contribution is -2.46. The van der Waals surface area contributed by atoms with Crippen molar-refractivity contribution in [2.75, 3.05) is 6.54 Å². The van der Waals surface area contributed by atoms with Crippen LogP contribution in [0.4, 0.5) is 0 Å². The van der Waals surface area contributed by atoms with Crippen molar-refractivity contribution >= 4 is 29.0 Å². The number of aliphatic hydroxyl groups is 1. The molecule has 8 heteroatoms. The first-order valence-corrected chi connectivity index (χ1v) is 10.7. The van der Waals surface area contributed by atoms with E-state index in [1.807, 2.05) is 45.0 Å². The van der Waals surface area contributed by atoms with Crippen LogP contribution in [0.2, 0.25) is 5.02 Å². The summed E-state index contributed by atoms with van der Waals surface area (Å²) in [5.41, 5.74) is 0.981. The van der Waals surface area contributed by atoms with Crippen LogP contribution in [0.15, 0.2) is 30.5 Å². The first-order valence-electron chi connectivity index (χ1n) is 10.3. The molecule has 0 saturated carbocycles. The number of H-pyrrole nitrogens is 1. The summed E-state index contributed by atoms with van der Waals surface area (Å²) in [5.74, 6) is -1.08. The summed E-state index contributed by atoms with van der Waals surface area (Å²) in [6, 6.07) is 7.12. The minimum absolute atomic E-state index is 0.141. The van der Waals surface area contributed by atoms with Gasteiger partial charge in [0.1, 0.15) is 5.82 Å². The van der Waals surface area contributed by atoms with E-state index in [1.165, 1.54) is 6.92 Å². The molecule has 1 amide bonds. The van der Waals surface area contributed by atoms with Crippen molar-refractivity contribution < 1.29 is 14.7 Å². The third-order valence-corrected chi connectivity index (χ3v) is 6.01. The number of carbonyl (C=O) groups excluding carboxylic acids is 2. The quantitative estimate of drug-likeness (QED) is 0.591. The monoisotopic (exact) mass is 444 g/mol. The van der Waals surface area contributed by atoms with E-state index in [4.69, 9.17) is 17.0 Å². The number of nitrogens with zero attached hydrogens (tertiary/aromatic N) is 2. The highest BCUT2D eigenvalue weighted by Gasteiger charge is 2.45. The number of ketones is 1. The second-order valence-corrected chi connectivity index (χ2v) is 9.63. The molecule has 3 rings (SSSR count). The SMILES string of the molecule is CC(=O)C(=N)[C@H](C(=O)N1C[C@H](O)C[C@H]1c1ncc(Cc2ccccc2Cl)[nH]1)C(C)(C)C. The van der Waals surface area contributed by atoms with E-state index in [9.17, 15) is 14.7 Å². The minimum Gasteiger partial charge on any atom is -0.391 e. The Morgan fingerprint density at radius 2 is 2.03 bits per heavy atom. The van der Waals surface area contributed by atoms with Gasteiger partial charge in [-0.25, -0.2) is 4.98 Å². The van der Waals surface area contributed by atoms with Crippen LogP contribution < -0.4 is 0 Å². The van der Waals surface area contributed by atoms with Crippen LogP contribution in [0.3, 0.4) is 0 Å². The predicted molar refractivity (Wildman–Crippen MR) is 119 cm³/mol. The zero-order chi connectivity index (χ0) is 22.9. The van der Waals surface area contributed by atoms with Gasteiger partial charge < -0.3 is 20.4 Å². The van der Waals surface area contributed by atoms with Gasteiger partial charge >= 0.3 is 0 Å². The lowest BCUT2D eigenvalue weighted by molar-refractivity contribution is -0.138. The van der Waals surface area contributed by atoms with Crippen molar-refractivity contribution in [3.05, 3.63) is 52.6 Å². The Balaban J connectivity index is 1.87. The fourth-order valence-corrected chi connectivity index (χ4v) is 4.30. The Hall–Kier alpha value is -2.51. The molecule has 1 aliphatic rings. The number of hydrogen-bond acceptors (Lipinski definition) is 5. The first-order chi connectivity index (χ1) is 14.5. The number of amides is 1.